The van der Waals surface area contributed by atoms with Crippen LogP contribution in [0.5, 0.6) is 0 Å². The van der Waals surface area contributed by atoms with Crippen molar-refractivity contribution in [3.8, 4) is 0 Å². The van der Waals surface area contributed by atoms with Crippen LogP contribution in [-0.2, 0) is 4.74 Å². The maximum Gasteiger partial charge on any atom is 0.0802 e. The first-order valence-electron chi connectivity index (χ1n) is 3.43. The molecule has 0 radical (unpaired) electrons. The molecule has 2 nitrogen and oxygen atoms in total. The number of aliphatic hydroxyl groups excluding tert-OH is 1. The lowest BCUT2D eigenvalue weighted by Crippen LogP contribution is -2.24. The maximum atomic E-state index is 9.19. The van der Waals surface area contributed by atoms with Gasteiger partial charge < -0.3 is 9.84 Å². The van der Waals surface area contributed by atoms with Gasteiger partial charge in [0, 0.05) is 7.11 Å². The van der Waals surface area contributed by atoms with Gasteiger partial charge in [-0.3, -0.25) is 0 Å². The molecule has 0 heterocycles. The predicted molar refractivity (Wildman–Crippen MR) is 37.4 cm³/mol. The number of hydrogen-bond acceptors (Lipinski definition) is 2. The van der Waals surface area contributed by atoms with Gasteiger partial charge in [0.1, 0.15) is 0 Å². The second-order valence-electron chi connectivity index (χ2n) is 2.30. The summed E-state index contributed by atoms with van der Waals surface area (Å²) in [4.78, 5) is 0. The third kappa shape index (κ3) is 3.49. The molecule has 9 heavy (non-hydrogen) atoms. The molecule has 0 saturated heterocycles. The summed E-state index contributed by atoms with van der Waals surface area (Å²) in [6.45, 7) is 3.92. The van der Waals surface area contributed by atoms with Crippen LogP contribution in [0.1, 0.15) is 26.7 Å². The highest BCUT2D eigenvalue weighted by atomic mass is 16.5. The van der Waals surface area contributed by atoms with Crippen molar-refractivity contribution in [3.63, 3.8) is 0 Å². The Morgan fingerprint density at radius 1 is 1.56 bits per heavy atom. The highest BCUT2D eigenvalue weighted by Crippen LogP contribution is 2.03. The van der Waals surface area contributed by atoms with Gasteiger partial charge in [-0.2, -0.15) is 0 Å². The van der Waals surface area contributed by atoms with Crippen LogP contribution in [0.25, 0.3) is 0 Å². The molecule has 0 aromatic heterocycles. The topological polar surface area (TPSA) is 29.5 Å². The second-order valence-corrected chi connectivity index (χ2v) is 2.30. The van der Waals surface area contributed by atoms with Crippen LogP contribution in [0.4, 0.5) is 0 Å². The van der Waals surface area contributed by atoms with Crippen molar-refractivity contribution in [2.24, 2.45) is 0 Å². The molecule has 0 rings (SSSR count). The first-order valence-corrected chi connectivity index (χ1v) is 3.43. The number of rotatable bonds is 4. The summed E-state index contributed by atoms with van der Waals surface area (Å²) in [6, 6.07) is 0. The average molecular weight is 132 g/mol. The highest BCUT2D eigenvalue weighted by Gasteiger charge is 2.10. The molecule has 2 atom stereocenters. The molecule has 0 aromatic carbocycles. The first kappa shape index (κ1) is 8.92. The minimum absolute atomic E-state index is 0.0232. The van der Waals surface area contributed by atoms with E-state index in [-0.39, 0.29) is 12.2 Å². The zero-order valence-corrected chi connectivity index (χ0v) is 6.42. The number of hydrogen-bond donors (Lipinski definition) is 1. The predicted octanol–water partition coefficient (Wildman–Crippen LogP) is 1.18. The molecule has 0 fully saturated rings. The Morgan fingerprint density at radius 2 is 2.11 bits per heavy atom. The van der Waals surface area contributed by atoms with Crippen LogP contribution < -0.4 is 0 Å². The van der Waals surface area contributed by atoms with E-state index >= 15 is 0 Å². The molecule has 1 unspecified atom stereocenters. The van der Waals surface area contributed by atoms with Gasteiger partial charge in [-0.15, -0.1) is 0 Å². The summed E-state index contributed by atoms with van der Waals surface area (Å²) in [7, 11) is 1.61. The SMILES string of the molecule is CCC[C@H](O)C(C)OC. The van der Waals surface area contributed by atoms with Crippen LogP contribution in [0, 0.1) is 0 Å². The largest absolute Gasteiger partial charge is 0.390 e. The van der Waals surface area contributed by atoms with Gasteiger partial charge in [0.05, 0.1) is 12.2 Å². The second kappa shape index (κ2) is 4.77. The Bertz CT molecular complexity index is 63.9. The lowest BCUT2D eigenvalue weighted by Gasteiger charge is -2.15. The summed E-state index contributed by atoms with van der Waals surface area (Å²) >= 11 is 0. The lowest BCUT2D eigenvalue weighted by molar-refractivity contribution is -0.00442. The monoisotopic (exact) mass is 132 g/mol. The van der Waals surface area contributed by atoms with Crippen molar-refractivity contribution in [2.45, 2.75) is 38.9 Å². The summed E-state index contributed by atoms with van der Waals surface area (Å²) < 4.78 is 4.91. The minimum atomic E-state index is -0.292. The summed E-state index contributed by atoms with van der Waals surface area (Å²) in [5, 5.41) is 9.19. The molecule has 0 aliphatic heterocycles. The van der Waals surface area contributed by atoms with Gasteiger partial charge >= 0.3 is 0 Å². The third-order valence-corrected chi connectivity index (χ3v) is 1.50. The van der Waals surface area contributed by atoms with E-state index in [1.54, 1.807) is 7.11 Å². The molecule has 0 aliphatic rings. The molecule has 0 saturated carbocycles. The van der Waals surface area contributed by atoms with Crippen molar-refractivity contribution in [1.82, 2.24) is 0 Å². The quantitative estimate of drug-likeness (QED) is 0.622. The Balaban J connectivity index is 3.32. The van der Waals surface area contributed by atoms with Gasteiger partial charge in [-0.1, -0.05) is 13.3 Å². The summed E-state index contributed by atoms with van der Waals surface area (Å²) in [5.74, 6) is 0. The normalized spacial score (nSPS) is 17.3. The van der Waals surface area contributed by atoms with Crippen molar-refractivity contribution in [2.75, 3.05) is 7.11 Å². The van der Waals surface area contributed by atoms with Crippen LogP contribution >= 0.6 is 0 Å². The average Bonchev–Trinajstić information content (AvgIpc) is 1.87. The fourth-order valence-electron chi connectivity index (χ4n) is 0.688. The van der Waals surface area contributed by atoms with Gasteiger partial charge in [0.15, 0.2) is 0 Å². The van der Waals surface area contributed by atoms with Crippen LogP contribution in [0.15, 0.2) is 0 Å². The standard InChI is InChI=1S/C7H16O2/c1-4-5-7(8)6(2)9-3/h6-8H,4-5H2,1-3H3/t6?,7-/m0/s1. The number of ether oxygens (including phenoxy) is 1. The van der Waals surface area contributed by atoms with Crippen molar-refractivity contribution in [1.29, 1.82) is 0 Å². The number of methoxy groups -OCH3 is 1. The Morgan fingerprint density at radius 3 is 2.44 bits per heavy atom. The van der Waals surface area contributed by atoms with Gasteiger partial charge in [-0.05, 0) is 13.3 Å². The Hall–Kier alpha value is -0.0800. The van der Waals surface area contributed by atoms with Crippen molar-refractivity contribution in [3.05, 3.63) is 0 Å². The summed E-state index contributed by atoms with van der Waals surface area (Å²) in [6.07, 6.45) is 1.52. The van der Waals surface area contributed by atoms with E-state index in [4.69, 9.17) is 4.74 Å². The third-order valence-electron chi connectivity index (χ3n) is 1.50. The molecule has 0 spiro atoms. The van der Waals surface area contributed by atoms with Crippen molar-refractivity contribution < 1.29 is 9.84 Å². The van der Waals surface area contributed by atoms with E-state index < -0.39 is 0 Å². The molecular weight excluding hydrogens is 116 g/mol. The zero-order valence-electron chi connectivity index (χ0n) is 6.42. The van der Waals surface area contributed by atoms with E-state index in [2.05, 4.69) is 0 Å². The van der Waals surface area contributed by atoms with Gasteiger partial charge in [0.25, 0.3) is 0 Å². The van der Waals surface area contributed by atoms with Crippen LogP contribution in [0.3, 0.4) is 0 Å². The van der Waals surface area contributed by atoms with E-state index in [0.717, 1.165) is 12.8 Å². The van der Waals surface area contributed by atoms with E-state index in [1.807, 2.05) is 13.8 Å². The van der Waals surface area contributed by atoms with E-state index in [9.17, 15) is 5.11 Å². The highest BCUT2D eigenvalue weighted by molar-refractivity contribution is 4.61. The lowest BCUT2D eigenvalue weighted by atomic mass is 10.1. The van der Waals surface area contributed by atoms with Gasteiger partial charge in [0.2, 0.25) is 0 Å². The fraction of sp³-hybridized carbons (Fsp3) is 1.00. The first-order chi connectivity index (χ1) is 4.22. The Kier molecular flexibility index (Phi) is 4.72. The number of aliphatic hydroxyl groups is 1. The smallest absolute Gasteiger partial charge is 0.0802 e. The molecule has 1 N–H and O–H groups in total. The van der Waals surface area contributed by atoms with Crippen LogP contribution in [-0.4, -0.2) is 24.4 Å². The minimum Gasteiger partial charge on any atom is -0.390 e. The zero-order chi connectivity index (χ0) is 7.28. The molecule has 0 aliphatic carbocycles. The van der Waals surface area contributed by atoms with Gasteiger partial charge in [-0.25, -0.2) is 0 Å². The van der Waals surface area contributed by atoms with Crippen molar-refractivity contribution >= 4 is 0 Å². The fourth-order valence-corrected chi connectivity index (χ4v) is 0.688. The molecule has 56 valence electrons. The molecule has 0 amide bonds. The molecule has 2 heteroatoms. The maximum absolute atomic E-state index is 9.19. The molecular formula is C7H16O2. The van der Waals surface area contributed by atoms with E-state index in [1.165, 1.54) is 0 Å². The van der Waals surface area contributed by atoms with E-state index in [0.29, 0.717) is 0 Å². The summed E-state index contributed by atoms with van der Waals surface area (Å²) in [5.41, 5.74) is 0. The molecule has 0 aromatic rings. The Labute approximate surface area is 56.8 Å². The van der Waals surface area contributed by atoms with Crippen LogP contribution in [0.2, 0.25) is 0 Å². The molecule has 0 bridgehead atoms.